The lowest BCUT2D eigenvalue weighted by atomic mass is 9.87. The van der Waals surface area contributed by atoms with Crippen molar-refractivity contribution in [1.82, 2.24) is 35.1 Å². The number of rotatable bonds is 21. The van der Waals surface area contributed by atoms with Gasteiger partial charge in [-0.1, -0.05) is 43.8 Å². The minimum absolute atomic E-state index is 0.0243. The molecule has 2 unspecified atom stereocenters. The summed E-state index contributed by atoms with van der Waals surface area (Å²) in [5, 5.41) is 27.0. The van der Waals surface area contributed by atoms with E-state index in [4.69, 9.17) is 10.5 Å². The molecule has 2 amide bonds. The first-order chi connectivity index (χ1) is 28.6. The van der Waals surface area contributed by atoms with Gasteiger partial charge in [-0.05, 0) is 23.8 Å². The summed E-state index contributed by atoms with van der Waals surface area (Å²) in [6.07, 6.45) is -2.75. The van der Waals surface area contributed by atoms with E-state index in [1.807, 2.05) is 24.3 Å². The van der Waals surface area contributed by atoms with Crippen LogP contribution in [0.5, 0.6) is 0 Å². The first kappa shape index (κ1) is 48.1. The second-order valence-corrected chi connectivity index (χ2v) is 18.9. The van der Waals surface area contributed by atoms with Gasteiger partial charge in [-0.15, -0.1) is 0 Å². The van der Waals surface area contributed by atoms with Gasteiger partial charge in [-0.3, -0.25) is 28.1 Å². The van der Waals surface area contributed by atoms with Crippen LogP contribution < -0.4 is 35.9 Å². The number of aromatic nitrogens is 5. The molecule has 0 aliphatic carbocycles. The molecule has 1 saturated heterocycles. The first-order valence-electron chi connectivity index (χ1n) is 17.8. The van der Waals surface area contributed by atoms with Crippen LogP contribution in [0.25, 0.3) is 28.1 Å². The molecule has 1 fully saturated rings. The highest BCUT2D eigenvalue weighted by molar-refractivity contribution is 8.14. The number of ether oxygens (including phenoxy) is 1. The number of nitrogens with one attached hydrogen (secondary N) is 3. The number of anilines is 1. The third-order valence-electron chi connectivity index (χ3n) is 8.74. The van der Waals surface area contributed by atoms with Crippen molar-refractivity contribution >= 4 is 86.1 Å². The van der Waals surface area contributed by atoms with Crippen LogP contribution in [-0.2, 0) is 50.7 Å². The van der Waals surface area contributed by atoms with E-state index in [1.54, 1.807) is 12.3 Å². The minimum Gasteiger partial charge on any atom is -0.790 e. The normalized spacial score (nSPS) is 21.0. The summed E-state index contributed by atoms with van der Waals surface area (Å²) in [5.41, 5.74) is 5.84. The summed E-state index contributed by atoms with van der Waals surface area (Å²) in [6, 6.07) is 7.61. The van der Waals surface area contributed by atoms with Crippen molar-refractivity contribution in [2.75, 3.05) is 37.8 Å². The summed E-state index contributed by atoms with van der Waals surface area (Å²) in [7, 11) is -17.6. The van der Waals surface area contributed by atoms with Crippen LogP contribution >= 0.6 is 35.2 Å². The number of carbonyl (C=O) groups is 3. The molecule has 0 saturated carbocycles. The Morgan fingerprint density at radius 3 is 2.54 bits per heavy atom. The third-order valence-corrected chi connectivity index (χ3v) is 12.6. The van der Waals surface area contributed by atoms with Crippen LogP contribution in [0.15, 0.2) is 49.2 Å². The fourth-order valence-electron chi connectivity index (χ4n) is 5.70. The van der Waals surface area contributed by atoms with E-state index in [2.05, 4.69) is 48.5 Å². The lowest BCUT2D eigenvalue weighted by molar-refractivity contribution is -0.347. The molecule has 0 radical (unpaired) electrons. The molecule has 61 heavy (non-hydrogen) atoms. The number of aromatic amines is 1. The Bertz CT molecular complexity index is 2390. The Balaban J connectivity index is 1.03. The average molecular weight is 933 g/mol. The van der Waals surface area contributed by atoms with Gasteiger partial charge in [0.25, 0.3) is 15.6 Å². The van der Waals surface area contributed by atoms with Crippen LogP contribution in [0.3, 0.4) is 0 Å². The Morgan fingerprint density at radius 1 is 1.08 bits per heavy atom. The molecular weight excluding hydrogens is 893 g/mol. The Morgan fingerprint density at radius 2 is 1.80 bits per heavy atom. The number of nitrogens with two attached hydrogens (primary N) is 1. The molecule has 334 valence electrons. The molecule has 29 heteroatoms. The number of para-hydroxylation sites is 1. The van der Waals surface area contributed by atoms with Crippen LogP contribution in [0.1, 0.15) is 32.1 Å². The van der Waals surface area contributed by atoms with Crippen molar-refractivity contribution in [2.45, 2.75) is 50.9 Å². The highest BCUT2D eigenvalue weighted by atomic mass is 32.2. The van der Waals surface area contributed by atoms with Crippen molar-refractivity contribution in [3.63, 3.8) is 0 Å². The molecule has 4 aromatic rings. The molecule has 1 aliphatic rings. The van der Waals surface area contributed by atoms with Crippen LogP contribution in [0.2, 0.25) is 0 Å². The molecule has 25 nitrogen and oxygen atoms in total. The number of aliphatic hydroxyl groups excluding tert-OH is 2. The molecule has 0 bridgehead atoms. The molecular formula is C32H39N8O17P3S-4. The van der Waals surface area contributed by atoms with Gasteiger partial charge in [0.05, 0.1) is 27.4 Å². The SMILES string of the molecule is CC(C)(COP(=O)([O-])OP(=O)([O-])OC[C@H]1O[C@@H](n2cnc3c(N)ncnc32)[C@H](O)[C@@H]1OP(=O)([O-])[O-])[C@@H](O)C(=O)NCCC(=O)NCCSC(=O)/C=C/c1c[nH]c2ccccc12. The first-order valence-corrected chi connectivity index (χ1v) is 23.2. The lowest BCUT2D eigenvalue weighted by Gasteiger charge is -2.36. The number of hydrogen-bond acceptors (Lipinski definition) is 22. The van der Waals surface area contributed by atoms with Crippen molar-refractivity contribution in [2.24, 2.45) is 5.41 Å². The largest absolute Gasteiger partial charge is 0.790 e. The average Bonchev–Trinajstić information content (AvgIpc) is 3.89. The summed E-state index contributed by atoms with van der Waals surface area (Å²) >= 11 is 0.989. The van der Waals surface area contributed by atoms with E-state index in [1.165, 1.54) is 19.9 Å². The number of carbonyl (C=O) groups excluding carboxylic acids is 3. The number of nitrogens with zero attached hydrogens (tertiary/aromatic N) is 4. The van der Waals surface area contributed by atoms with Crippen molar-refractivity contribution in [3.05, 3.63) is 54.8 Å². The number of benzene rings is 1. The fraction of sp³-hybridized carbons (Fsp3) is 0.438. The van der Waals surface area contributed by atoms with E-state index in [0.29, 0.717) is 0 Å². The number of nitrogen functional groups attached to an aromatic ring is 1. The third kappa shape index (κ3) is 13.3. The zero-order valence-corrected chi connectivity index (χ0v) is 35.5. The maximum Gasteiger partial charge on any atom is 0.274 e. The number of aliphatic hydroxyl groups is 2. The molecule has 7 N–H and O–H groups in total. The number of thioether (sulfide) groups is 1. The summed E-state index contributed by atoms with van der Waals surface area (Å²) in [4.78, 5) is 99.7. The molecule has 1 aromatic carbocycles. The van der Waals surface area contributed by atoms with Gasteiger partial charge in [-0.2, -0.15) is 0 Å². The quantitative estimate of drug-likeness (QED) is 0.0309. The van der Waals surface area contributed by atoms with Gasteiger partial charge in [0.15, 0.2) is 17.7 Å². The van der Waals surface area contributed by atoms with E-state index >= 15 is 0 Å². The Labute approximate surface area is 349 Å². The zero-order chi connectivity index (χ0) is 44.8. The molecule has 5 rings (SSSR count). The maximum absolute atomic E-state index is 12.6. The topological polar surface area (TPSA) is 391 Å². The number of H-pyrrole nitrogens is 1. The Hall–Kier alpha value is -3.94. The maximum atomic E-state index is 12.6. The smallest absolute Gasteiger partial charge is 0.274 e. The molecule has 4 heterocycles. The van der Waals surface area contributed by atoms with Crippen molar-refractivity contribution in [1.29, 1.82) is 0 Å². The van der Waals surface area contributed by atoms with Gasteiger partial charge < -0.3 is 74.0 Å². The highest BCUT2D eigenvalue weighted by Gasteiger charge is 2.47. The number of phosphoric ester groups is 3. The van der Waals surface area contributed by atoms with Gasteiger partial charge >= 0.3 is 0 Å². The highest BCUT2D eigenvalue weighted by Crippen LogP contribution is 2.56. The molecule has 0 spiro atoms. The van der Waals surface area contributed by atoms with Crippen LogP contribution in [0.4, 0.5) is 5.82 Å². The summed E-state index contributed by atoms with van der Waals surface area (Å²) in [6.45, 7) is 0.00936. The minimum atomic E-state index is -5.93. The number of amides is 2. The van der Waals surface area contributed by atoms with Gasteiger partial charge in [0.2, 0.25) is 16.9 Å². The lowest BCUT2D eigenvalue weighted by Crippen LogP contribution is -2.46. The van der Waals surface area contributed by atoms with Crippen molar-refractivity contribution < 1.29 is 80.5 Å². The monoisotopic (exact) mass is 932 g/mol. The van der Waals surface area contributed by atoms with Crippen molar-refractivity contribution in [3.8, 4) is 0 Å². The second-order valence-electron chi connectivity index (χ2n) is 13.8. The summed E-state index contributed by atoms with van der Waals surface area (Å²) in [5.74, 6) is -1.32. The molecule has 3 aromatic heterocycles. The second kappa shape index (κ2) is 20.1. The van der Waals surface area contributed by atoms with Gasteiger partial charge in [0.1, 0.15) is 36.3 Å². The molecule has 1 aliphatic heterocycles. The van der Waals surface area contributed by atoms with E-state index in [-0.39, 0.29) is 47.4 Å². The van der Waals surface area contributed by atoms with Gasteiger partial charge in [0, 0.05) is 47.8 Å². The number of hydrogen-bond donors (Lipinski definition) is 6. The summed E-state index contributed by atoms with van der Waals surface area (Å²) < 4.78 is 60.6. The van der Waals surface area contributed by atoms with Gasteiger partial charge in [-0.25, -0.2) is 19.3 Å². The molecule has 7 atom stereocenters. The standard InChI is InChI=1S/C32H43N8O17P3S/c1-32(2,27(44)30(45)35-10-9-22(41)34-11-12-61-23(42)8-7-18-13-36-20-6-4-3-5-19(18)20)15-54-60(51,52)57-59(49,50)53-14-21-26(56-58(46,47)48)25(43)31(55-21)40-17-39-24-28(33)37-16-38-29(24)40/h3-8,13,16-17,21,25-27,31,36,43-44H,9-12,14-15H2,1-2H3,(H,34,41)(H,35,45)(H,49,50)(H,51,52)(H2,33,37,38)(H2,46,47,48)/p-4/b8-7+/t21-,25-,26-,27+,31-/m1/s1. The number of imidazole rings is 1. The Kier molecular flexibility index (Phi) is 15.8. The van der Waals surface area contributed by atoms with E-state index in [9.17, 15) is 57.9 Å². The predicted molar refractivity (Wildman–Crippen MR) is 206 cm³/mol. The number of phosphoric acid groups is 3. The fourth-order valence-corrected chi connectivity index (χ4v) is 9.00. The van der Waals surface area contributed by atoms with Crippen LogP contribution in [0, 0.1) is 5.41 Å². The van der Waals surface area contributed by atoms with E-state index < -0.39 is 84.6 Å². The van der Waals surface area contributed by atoms with Crippen LogP contribution in [-0.4, -0.2) is 108 Å². The predicted octanol–water partition coefficient (Wildman–Crippen LogP) is -1.67. The van der Waals surface area contributed by atoms with E-state index in [0.717, 1.165) is 45.5 Å². The number of fused-ring (bicyclic) bond motifs is 2. The zero-order valence-electron chi connectivity index (χ0n) is 32.0.